The van der Waals surface area contributed by atoms with Crippen LogP contribution in [0.1, 0.15) is 22.2 Å². The van der Waals surface area contributed by atoms with Crippen LogP contribution in [-0.2, 0) is 0 Å². The first-order valence-corrected chi connectivity index (χ1v) is 7.29. The summed E-state index contributed by atoms with van der Waals surface area (Å²) in [6, 6.07) is 2.13. The Balaban J connectivity index is 2.85. The monoisotopic (exact) mass is 353 g/mol. The lowest BCUT2D eigenvalue weighted by atomic mass is 10.3. The standard InChI is InChI=1S/C10H13Br2NOS/c1-6-4-8(15-9(6)12)10(14)13(3)7(2)5-11/h4,7H,5H2,1-3H3. The molecule has 0 aliphatic rings. The Morgan fingerprint density at radius 2 is 2.27 bits per heavy atom. The zero-order valence-electron chi connectivity index (χ0n) is 8.88. The first-order valence-electron chi connectivity index (χ1n) is 4.56. The van der Waals surface area contributed by atoms with Crippen molar-refractivity contribution in [1.29, 1.82) is 0 Å². The van der Waals surface area contributed by atoms with Gasteiger partial charge in [0.15, 0.2) is 0 Å². The maximum absolute atomic E-state index is 12.0. The summed E-state index contributed by atoms with van der Waals surface area (Å²) in [4.78, 5) is 14.5. The average Bonchev–Trinajstić information content (AvgIpc) is 2.56. The first-order chi connectivity index (χ1) is 6.97. The largest absolute Gasteiger partial charge is 0.337 e. The minimum absolute atomic E-state index is 0.0840. The van der Waals surface area contributed by atoms with Crippen LogP contribution in [0.25, 0.3) is 0 Å². The summed E-state index contributed by atoms with van der Waals surface area (Å²) in [6.07, 6.45) is 0. The van der Waals surface area contributed by atoms with E-state index in [2.05, 4.69) is 31.9 Å². The number of aryl methyl sites for hydroxylation is 1. The van der Waals surface area contributed by atoms with Crippen molar-refractivity contribution in [2.24, 2.45) is 0 Å². The molecule has 1 aromatic heterocycles. The van der Waals surface area contributed by atoms with Crippen LogP contribution in [0.2, 0.25) is 0 Å². The molecule has 1 amide bonds. The molecule has 1 rings (SSSR count). The smallest absolute Gasteiger partial charge is 0.263 e. The molecule has 0 aliphatic carbocycles. The van der Waals surface area contributed by atoms with Gasteiger partial charge >= 0.3 is 0 Å². The van der Waals surface area contributed by atoms with Gasteiger partial charge in [0.2, 0.25) is 0 Å². The molecular formula is C10H13Br2NOS. The molecule has 0 saturated carbocycles. The summed E-state index contributed by atoms with van der Waals surface area (Å²) in [7, 11) is 1.83. The highest BCUT2D eigenvalue weighted by atomic mass is 79.9. The topological polar surface area (TPSA) is 20.3 Å². The third-order valence-electron chi connectivity index (χ3n) is 2.27. The number of alkyl halides is 1. The Morgan fingerprint density at radius 3 is 2.67 bits per heavy atom. The highest BCUT2D eigenvalue weighted by Gasteiger charge is 2.19. The summed E-state index contributed by atoms with van der Waals surface area (Å²) in [5.41, 5.74) is 1.11. The van der Waals surface area contributed by atoms with Crippen molar-refractivity contribution in [3.05, 3.63) is 20.3 Å². The third-order valence-corrected chi connectivity index (χ3v) is 5.33. The van der Waals surface area contributed by atoms with E-state index in [1.54, 1.807) is 4.90 Å². The fraction of sp³-hybridized carbons (Fsp3) is 0.500. The lowest BCUT2D eigenvalue weighted by Crippen LogP contribution is -2.35. The third kappa shape index (κ3) is 3.04. The summed E-state index contributed by atoms with van der Waals surface area (Å²) in [5.74, 6) is 0.0840. The molecular weight excluding hydrogens is 342 g/mol. The van der Waals surface area contributed by atoms with Crippen molar-refractivity contribution in [3.8, 4) is 0 Å². The molecule has 1 heterocycles. The second-order valence-corrected chi connectivity index (χ2v) is 6.50. The van der Waals surface area contributed by atoms with Crippen LogP contribution in [0.15, 0.2) is 9.85 Å². The summed E-state index contributed by atoms with van der Waals surface area (Å²) in [6.45, 7) is 4.01. The predicted octanol–water partition coefficient (Wildman–Crippen LogP) is 3.67. The minimum Gasteiger partial charge on any atom is -0.337 e. The second-order valence-electron chi connectivity index (χ2n) is 3.49. The quantitative estimate of drug-likeness (QED) is 0.758. The number of hydrogen-bond acceptors (Lipinski definition) is 2. The number of amides is 1. The molecule has 1 aromatic rings. The van der Waals surface area contributed by atoms with Gasteiger partial charge < -0.3 is 4.90 Å². The fourth-order valence-corrected chi connectivity index (χ4v) is 2.99. The van der Waals surface area contributed by atoms with E-state index in [0.717, 1.165) is 19.6 Å². The molecule has 0 aromatic carbocycles. The molecule has 0 saturated heterocycles. The number of rotatable bonds is 3. The average molecular weight is 355 g/mol. The van der Waals surface area contributed by atoms with E-state index >= 15 is 0 Å². The maximum atomic E-state index is 12.0. The van der Waals surface area contributed by atoms with E-state index in [0.29, 0.717) is 0 Å². The van der Waals surface area contributed by atoms with Crippen LogP contribution in [0.5, 0.6) is 0 Å². The Hall–Kier alpha value is 0.130. The van der Waals surface area contributed by atoms with Crippen LogP contribution in [0.4, 0.5) is 0 Å². The number of carbonyl (C=O) groups is 1. The van der Waals surface area contributed by atoms with E-state index in [4.69, 9.17) is 0 Å². The second kappa shape index (κ2) is 5.46. The Morgan fingerprint density at radius 1 is 1.67 bits per heavy atom. The zero-order valence-corrected chi connectivity index (χ0v) is 12.9. The molecule has 1 atom stereocenters. The van der Waals surface area contributed by atoms with Gasteiger partial charge in [-0.3, -0.25) is 4.79 Å². The number of carbonyl (C=O) groups excluding carboxylic acids is 1. The molecule has 1 unspecified atom stereocenters. The minimum atomic E-state index is 0.0840. The van der Waals surface area contributed by atoms with E-state index in [1.165, 1.54) is 11.3 Å². The molecule has 84 valence electrons. The number of halogens is 2. The van der Waals surface area contributed by atoms with Gasteiger partial charge in [-0.1, -0.05) is 15.9 Å². The molecule has 5 heteroatoms. The van der Waals surface area contributed by atoms with Crippen LogP contribution >= 0.6 is 43.2 Å². The lowest BCUT2D eigenvalue weighted by molar-refractivity contribution is 0.0763. The maximum Gasteiger partial charge on any atom is 0.263 e. The Kier molecular flexibility index (Phi) is 4.80. The van der Waals surface area contributed by atoms with Crippen LogP contribution in [0, 0.1) is 6.92 Å². The van der Waals surface area contributed by atoms with Gasteiger partial charge in [0.05, 0.1) is 8.66 Å². The molecule has 0 aliphatic heterocycles. The predicted molar refractivity (Wildman–Crippen MR) is 72.1 cm³/mol. The van der Waals surface area contributed by atoms with Crippen molar-refractivity contribution < 1.29 is 4.79 Å². The van der Waals surface area contributed by atoms with Crippen LogP contribution in [0.3, 0.4) is 0 Å². The van der Waals surface area contributed by atoms with Crippen LogP contribution < -0.4 is 0 Å². The van der Waals surface area contributed by atoms with Crippen LogP contribution in [-0.4, -0.2) is 29.2 Å². The van der Waals surface area contributed by atoms with Gasteiger partial charge in [0.1, 0.15) is 0 Å². The molecule has 0 radical (unpaired) electrons. The SMILES string of the molecule is Cc1cc(C(=O)N(C)C(C)CBr)sc1Br. The zero-order chi connectivity index (χ0) is 11.6. The highest BCUT2D eigenvalue weighted by molar-refractivity contribution is 9.11. The van der Waals surface area contributed by atoms with Crippen molar-refractivity contribution in [2.45, 2.75) is 19.9 Å². The van der Waals surface area contributed by atoms with E-state index < -0.39 is 0 Å². The summed E-state index contributed by atoms with van der Waals surface area (Å²) < 4.78 is 1.03. The molecule has 0 spiro atoms. The van der Waals surface area contributed by atoms with E-state index in [-0.39, 0.29) is 11.9 Å². The Bertz CT molecular complexity index is 345. The number of thiophene rings is 1. The van der Waals surface area contributed by atoms with E-state index in [9.17, 15) is 4.79 Å². The lowest BCUT2D eigenvalue weighted by Gasteiger charge is -2.22. The summed E-state index contributed by atoms with van der Waals surface area (Å²) in [5, 5.41) is 0.792. The molecule has 2 nitrogen and oxygen atoms in total. The van der Waals surface area contributed by atoms with Gasteiger partial charge in [-0.25, -0.2) is 0 Å². The summed E-state index contributed by atoms with van der Waals surface area (Å²) >= 11 is 8.29. The van der Waals surface area contributed by atoms with E-state index in [1.807, 2.05) is 27.0 Å². The van der Waals surface area contributed by atoms with Crippen molar-refractivity contribution in [2.75, 3.05) is 12.4 Å². The van der Waals surface area contributed by atoms with Gasteiger partial charge in [0.25, 0.3) is 5.91 Å². The van der Waals surface area contributed by atoms with Crippen molar-refractivity contribution >= 4 is 49.1 Å². The van der Waals surface area contributed by atoms with Gasteiger partial charge in [-0.05, 0) is 41.4 Å². The first kappa shape index (κ1) is 13.2. The van der Waals surface area contributed by atoms with Gasteiger partial charge in [-0.2, -0.15) is 0 Å². The molecule has 0 fully saturated rings. The number of hydrogen-bond donors (Lipinski definition) is 0. The highest BCUT2D eigenvalue weighted by Crippen LogP contribution is 2.28. The van der Waals surface area contributed by atoms with Crippen molar-refractivity contribution in [3.63, 3.8) is 0 Å². The normalized spacial score (nSPS) is 12.6. The fourth-order valence-electron chi connectivity index (χ4n) is 1.04. The molecule has 15 heavy (non-hydrogen) atoms. The van der Waals surface area contributed by atoms with Crippen molar-refractivity contribution in [1.82, 2.24) is 4.90 Å². The molecule has 0 bridgehead atoms. The number of nitrogens with zero attached hydrogens (tertiary/aromatic N) is 1. The van der Waals surface area contributed by atoms with Gasteiger partial charge in [-0.15, -0.1) is 11.3 Å². The Labute approximate surface area is 111 Å². The molecule has 0 N–H and O–H groups in total. The van der Waals surface area contributed by atoms with Gasteiger partial charge in [0, 0.05) is 18.4 Å².